The van der Waals surface area contributed by atoms with Crippen LogP contribution in [0.25, 0.3) is 10.9 Å². The molecule has 1 aromatic heterocycles. The summed E-state index contributed by atoms with van der Waals surface area (Å²) in [5.74, 6) is -4.98. The van der Waals surface area contributed by atoms with E-state index in [0.717, 1.165) is 16.5 Å². The number of benzene rings is 2. The number of rotatable bonds is 15. The van der Waals surface area contributed by atoms with Gasteiger partial charge in [-0.25, -0.2) is 4.79 Å². The quantitative estimate of drug-likeness (QED) is 0.140. The van der Waals surface area contributed by atoms with Crippen molar-refractivity contribution in [1.29, 1.82) is 0 Å². The summed E-state index contributed by atoms with van der Waals surface area (Å²) in [5, 5.41) is 27.1. The van der Waals surface area contributed by atoms with Crippen LogP contribution in [0.4, 0.5) is 0 Å². The van der Waals surface area contributed by atoms with E-state index in [-0.39, 0.29) is 25.2 Å². The van der Waals surface area contributed by atoms with Crippen molar-refractivity contribution in [2.75, 3.05) is 0 Å². The van der Waals surface area contributed by atoms with E-state index >= 15 is 0 Å². The van der Waals surface area contributed by atoms with Crippen molar-refractivity contribution >= 4 is 40.6 Å². The minimum atomic E-state index is -1.48. The number of para-hydroxylation sites is 1. The van der Waals surface area contributed by atoms with Crippen LogP contribution in [0.3, 0.4) is 0 Å². The molecule has 0 bridgehead atoms. The van der Waals surface area contributed by atoms with E-state index < -0.39 is 60.2 Å². The molecule has 3 rings (SSSR count). The van der Waals surface area contributed by atoms with E-state index in [4.69, 9.17) is 10.8 Å². The lowest BCUT2D eigenvalue weighted by molar-refractivity contribution is -0.143. The van der Waals surface area contributed by atoms with Crippen LogP contribution in [-0.4, -0.2) is 69.0 Å². The third kappa shape index (κ3) is 8.90. The highest BCUT2D eigenvalue weighted by Gasteiger charge is 2.32. The van der Waals surface area contributed by atoms with Crippen LogP contribution < -0.4 is 21.7 Å². The Morgan fingerprint density at radius 3 is 2.10 bits per heavy atom. The molecule has 0 saturated heterocycles. The lowest BCUT2D eigenvalue weighted by Gasteiger charge is -2.27. The molecule has 4 unspecified atom stereocenters. The van der Waals surface area contributed by atoms with Gasteiger partial charge in [0.25, 0.3) is 0 Å². The van der Waals surface area contributed by atoms with E-state index in [1.165, 1.54) is 0 Å². The number of aliphatic carboxylic acids is 2. The zero-order valence-electron chi connectivity index (χ0n) is 23.5. The van der Waals surface area contributed by atoms with E-state index in [1.807, 2.05) is 54.6 Å². The number of nitrogens with one attached hydrogen (secondary N) is 4. The van der Waals surface area contributed by atoms with Gasteiger partial charge in [0.1, 0.15) is 18.1 Å². The molecule has 12 nitrogen and oxygen atoms in total. The van der Waals surface area contributed by atoms with E-state index in [9.17, 15) is 29.1 Å². The van der Waals surface area contributed by atoms with Crippen LogP contribution in [0.5, 0.6) is 0 Å². The Morgan fingerprint density at radius 2 is 1.45 bits per heavy atom. The molecule has 224 valence electrons. The lowest BCUT2D eigenvalue weighted by Crippen LogP contribution is -2.59. The maximum Gasteiger partial charge on any atom is 0.326 e. The SMILES string of the molecule is CC(C)C(NC(=O)C(N)Cc1ccccc1)C(=O)NC(Cc1c[nH]c2ccccc12)C(=O)NC(CCC(=O)O)C(=O)O. The van der Waals surface area contributed by atoms with Crippen molar-refractivity contribution in [1.82, 2.24) is 20.9 Å². The highest BCUT2D eigenvalue weighted by molar-refractivity contribution is 5.95. The molecule has 0 radical (unpaired) electrons. The first-order chi connectivity index (χ1) is 20.0. The summed E-state index contributed by atoms with van der Waals surface area (Å²) in [4.78, 5) is 65.6. The first kappa shape index (κ1) is 31.8. The Labute approximate surface area is 243 Å². The minimum Gasteiger partial charge on any atom is -0.481 e. The number of carboxylic acid groups (broad SMARTS) is 2. The van der Waals surface area contributed by atoms with Crippen LogP contribution in [0.15, 0.2) is 60.8 Å². The number of nitrogens with two attached hydrogens (primary N) is 1. The van der Waals surface area contributed by atoms with Crippen molar-refractivity contribution < 1.29 is 34.2 Å². The molecule has 0 spiro atoms. The number of aromatic nitrogens is 1. The maximum atomic E-state index is 13.5. The first-order valence-corrected chi connectivity index (χ1v) is 13.7. The fraction of sp³-hybridized carbons (Fsp3) is 0.367. The van der Waals surface area contributed by atoms with Gasteiger partial charge in [-0.2, -0.15) is 0 Å². The van der Waals surface area contributed by atoms with Crippen LogP contribution >= 0.6 is 0 Å². The second-order valence-electron chi connectivity index (χ2n) is 10.5. The molecule has 0 saturated carbocycles. The number of aromatic amines is 1. The second-order valence-corrected chi connectivity index (χ2v) is 10.5. The van der Waals surface area contributed by atoms with E-state index in [0.29, 0.717) is 5.56 Å². The molecule has 42 heavy (non-hydrogen) atoms. The summed E-state index contributed by atoms with van der Waals surface area (Å²) >= 11 is 0. The number of hydrogen-bond acceptors (Lipinski definition) is 6. The van der Waals surface area contributed by atoms with Crippen LogP contribution in [0, 0.1) is 5.92 Å². The van der Waals surface area contributed by atoms with Crippen molar-refractivity contribution in [3.8, 4) is 0 Å². The highest BCUT2D eigenvalue weighted by atomic mass is 16.4. The first-order valence-electron chi connectivity index (χ1n) is 13.7. The number of carboxylic acids is 2. The predicted octanol–water partition coefficient (Wildman–Crippen LogP) is 1.34. The maximum absolute atomic E-state index is 13.5. The Kier molecular flexibility index (Phi) is 11.2. The molecule has 0 aliphatic carbocycles. The zero-order valence-corrected chi connectivity index (χ0v) is 23.5. The number of H-pyrrole nitrogens is 1. The third-order valence-electron chi connectivity index (χ3n) is 6.88. The largest absolute Gasteiger partial charge is 0.481 e. The topological polar surface area (TPSA) is 204 Å². The van der Waals surface area contributed by atoms with Crippen LogP contribution in [-0.2, 0) is 36.8 Å². The molecule has 3 aromatic rings. The lowest BCUT2D eigenvalue weighted by atomic mass is 9.99. The summed E-state index contributed by atoms with van der Waals surface area (Å²) in [6.45, 7) is 3.46. The van der Waals surface area contributed by atoms with Gasteiger partial charge in [0.05, 0.1) is 6.04 Å². The molecule has 8 N–H and O–H groups in total. The normalized spacial score (nSPS) is 14.0. The predicted molar refractivity (Wildman–Crippen MR) is 155 cm³/mol. The van der Waals surface area contributed by atoms with E-state index in [2.05, 4.69) is 20.9 Å². The zero-order chi connectivity index (χ0) is 30.8. The molecule has 12 heteroatoms. The van der Waals surface area contributed by atoms with Crippen molar-refractivity contribution in [2.24, 2.45) is 11.7 Å². The monoisotopic (exact) mass is 579 g/mol. The number of carbonyl (C=O) groups excluding carboxylic acids is 3. The molecular formula is C30H37N5O7. The Morgan fingerprint density at radius 1 is 0.810 bits per heavy atom. The molecule has 3 amide bonds. The van der Waals surface area contributed by atoms with Gasteiger partial charge in [-0.05, 0) is 36.0 Å². The highest BCUT2D eigenvalue weighted by Crippen LogP contribution is 2.19. The average molecular weight is 580 g/mol. The fourth-order valence-corrected chi connectivity index (χ4v) is 4.54. The fourth-order valence-electron chi connectivity index (χ4n) is 4.54. The van der Waals surface area contributed by atoms with Crippen molar-refractivity contribution in [3.63, 3.8) is 0 Å². The molecule has 1 heterocycles. The summed E-state index contributed by atoms with van der Waals surface area (Å²) in [5.41, 5.74) is 8.47. The van der Waals surface area contributed by atoms with Crippen LogP contribution in [0.2, 0.25) is 0 Å². The van der Waals surface area contributed by atoms with Gasteiger partial charge in [-0.3, -0.25) is 19.2 Å². The molecule has 0 aliphatic heterocycles. The Hall–Kier alpha value is -4.71. The summed E-state index contributed by atoms with van der Waals surface area (Å²) in [6.07, 6.45) is 1.15. The second kappa shape index (κ2) is 14.8. The number of carbonyl (C=O) groups is 5. The van der Waals surface area contributed by atoms with Gasteiger partial charge >= 0.3 is 11.9 Å². The van der Waals surface area contributed by atoms with Crippen molar-refractivity contribution in [2.45, 2.75) is 63.7 Å². The number of fused-ring (bicyclic) bond motifs is 1. The van der Waals surface area contributed by atoms with Gasteiger partial charge in [-0.1, -0.05) is 62.4 Å². The minimum absolute atomic E-state index is 0.000854. The Bertz CT molecular complexity index is 1410. The smallest absolute Gasteiger partial charge is 0.326 e. The average Bonchev–Trinajstić information content (AvgIpc) is 3.36. The van der Waals surface area contributed by atoms with Gasteiger partial charge < -0.3 is 36.9 Å². The van der Waals surface area contributed by atoms with Crippen molar-refractivity contribution in [3.05, 3.63) is 71.9 Å². The summed E-state index contributed by atoms with van der Waals surface area (Å²) < 4.78 is 0. The van der Waals surface area contributed by atoms with Gasteiger partial charge in [-0.15, -0.1) is 0 Å². The summed E-state index contributed by atoms with van der Waals surface area (Å²) in [7, 11) is 0. The van der Waals surface area contributed by atoms with Gasteiger partial charge in [0.15, 0.2) is 0 Å². The molecule has 2 aromatic carbocycles. The molecule has 0 aliphatic rings. The molecular weight excluding hydrogens is 542 g/mol. The third-order valence-corrected chi connectivity index (χ3v) is 6.88. The van der Waals surface area contributed by atoms with Gasteiger partial charge in [0.2, 0.25) is 17.7 Å². The van der Waals surface area contributed by atoms with Gasteiger partial charge in [0, 0.05) is 29.9 Å². The standard InChI is InChI=1S/C30H37N5O7/c1-17(2)26(35-27(38)21(31)14-18-8-4-3-5-9-18)29(40)34-24(15-19-16-32-22-11-7-6-10-20(19)22)28(39)33-23(30(41)42)12-13-25(36)37/h3-11,16-17,21,23-24,26,32H,12-15,31H2,1-2H3,(H,33,39)(H,34,40)(H,35,38)(H,36,37)(H,41,42). The number of amides is 3. The Balaban J connectivity index is 1.80. The molecule has 0 fully saturated rings. The van der Waals surface area contributed by atoms with Crippen LogP contribution in [0.1, 0.15) is 37.8 Å². The summed E-state index contributed by atoms with van der Waals surface area (Å²) in [6, 6.07) is 11.9. The number of hydrogen-bond donors (Lipinski definition) is 7. The van der Waals surface area contributed by atoms with E-state index in [1.54, 1.807) is 20.0 Å². The molecule has 4 atom stereocenters.